The summed E-state index contributed by atoms with van der Waals surface area (Å²) in [5.41, 5.74) is 1.52. The summed E-state index contributed by atoms with van der Waals surface area (Å²) in [6.45, 7) is 5.13. The molecule has 20 heavy (non-hydrogen) atoms. The second-order valence-electron chi connectivity index (χ2n) is 4.71. The number of anilines is 1. The maximum absolute atomic E-state index is 9.49. The van der Waals surface area contributed by atoms with Gasteiger partial charge < -0.3 is 10.0 Å². The van der Waals surface area contributed by atoms with Crippen molar-refractivity contribution >= 4 is 16.5 Å². The van der Waals surface area contributed by atoms with Crippen molar-refractivity contribution in [3.05, 3.63) is 36.2 Å². The van der Waals surface area contributed by atoms with Gasteiger partial charge in [-0.15, -0.1) is 0 Å². The molecule has 2 aromatic rings. The molecule has 1 atom stereocenters. The van der Waals surface area contributed by atoms with Gasteiger partial charge in [0.25, 0.3) is 0 Å². The van der Waals surface area contributed by atoms with Crippen LogP contribution in [-0.2, 0) is 0 Å². The van der Waals surface area contributed by atoms with Gasteiger partial charge in [0, 0.05) is 23.8 Å². The van der Waals surface area contributed by atoms with E-state index in [1.165, 1.54) is 0 Å². The van der Waals surface area contributed by atoms with Gasteiger partial charge >= 0.3 is 0 Å². The Bertz CT molecular complexity index is 629. The number of aromatic nitrogens is 1. The third-order valence-corrected chi connectivity index (χ3v) is 3.65. The Kier molecular flexibility index (Phi) is 4.54. The molecule has 1 aromatic heterocycles. The molecule has 0 radical (unpaired) electrons. The van der Waals surface area contributed by atoms with Gasteiger partial charge in [-0.05, 0) is 43.0 Å². The van der Waals surface area contributed by atoms with Crippen LogP contribution in [-0.4, -0.2) is 29.3 Å². The molecule has 0 amide bonds. The molecule has 0 saturated heterocycles. The molecule has 0 saturated carbocycles. The molecule has 0 spiro atoms. The van der Waals surface area contributed by atoms with Crippen molar-refractivity contribution in [2.45, 2.75) is 26.3 Å². The lowest BCUT2D eigenvalue weighted by atomic mass is 10.1. The number of aliphatic hydroxyl groups excluding tert-OH is 1. The van der Waals surface area contributed by atoms with Gasteiger partial charge in [-0.3, -0.25) is 0 Å². The second kappa shape index (κ2) is 6.36. The number of aliphatic hydroxyl groups is 1. The number of likely N-dealkylation sites (N-methyl/N-ethyl adjacent to an activating group) is 1. The van der Waals surface area contributed by atoms with E-state index in [0.717, 1.165) is 29.4 Å². The molecular weight excluding hydrogens is 250 g/mol. The lowest BCUT2D eigenvalue weighted by Crippen LogP contribution is -2.37. The van der Waals surface area contributed by atoms with Crippen LogP contribution in [0.4, 0.5) is 5.69 Å². The fourth-order valence-corrected chi connectivity index (χ4v) is 2.53. The second-order valence-corrected chi connectivity index (χ2v) is 4.71. The van der Waals surface area contributed by atoms with Gasteiger partial charge in [-0.2, -0.15) is 5.26 Å². The van der Waals surface area contributed by atoms with E-state index in [0.29, 0.717) is 5.69 Å². The van der Waals surface area contributed by atoms with E-state index >= 15 is 0 Å². The number of fused-ring (bicyclic) bond motifs is 1. The number of nitrogens with zero attached hydrogens (tertiary/aromatic N) is 3. The number of nitriles is 1. The number of benzene rings is 1. The van der Waals surface area contributed by atoms with Gasteiger partial charge in [-0.1, -0.05) is 6.92 Å². The smallest absolute Gasteiger partial charge is 0.148 e. The van der Waals surface area contributed by atoms with Crippen molar-refractivity contribution < 1.29 is 5.11 Å². The van der Waals surface area contributed by atoms with Crippen LogP contribution in [0.2, 0.25) is 0 Å². The topological polar surface area (TPSA) is 60.1 Å². The standard InChI is InChI=1S/C16H19N3O/c1-3-13(11-20)19(4-2)14-5-6-15-12(9-14)7-8-18-16(15)10-17/h5-9,13,20H,3-4,11H2,1-2H3. The van der Waals surface area contributed by atoms with Crippen LogP contribution in [0.1, 0.15) is 26.0 Å². The van der Waals surface area contributed by atoms with Crippen LogP contribution in [0.25, 0.3) is 10.8 Å². The minimum atomic E-state index is 0.120. The molecule has 1 unspecified atom stereocenters. The van der Waals surface area contributed by atoms with Crippen LogP contribution in [0, 0.1) is 11.3 Å². The highest BCUT2D eigenvalue weighted by atomic mass is 16.3. The molecule has 1 heterocycles. The molecule has 4 nitrogen and oxygen atoms in total. The van der Waals surface area contributed by atoms with E-state index in [-0.39, 0.29) is 12.6 Å². The van der Waals surface area contributed by atoms with E-state index in [4.69, 9.17) is 5.26 Å². The Morgan fingerprint density at radius 1 is 1.35 bits per heavy atom. The van der Waals surface area contributed by atoms with E-state index < -0.39 is 0 Å². The Hall–Kier alpha value is -2.12. The summed E-state index contributed by atoms with van der Waals surface area (Å²) < 4.78 is 0. The summed E-state index contributed by atoms with van der Waals surface area (Å²) in [6.07, 6.45) is 2.55. The molecule has 0 aliphatic carbocycles. The highest BCUT2D eigenvalue weighted by molar-refractivity contribution is 5.89. The Morgan fingerprint density at radius 2 is 2.15 bits per heavy atom. The van der Waals surface area contributed by atoms with Gasteiger partial charge in [0.15, 0.2) is 0 Å². The summed E-state index contributed by atoms with van der Waals surface area (Å²) in [5.74, 6) is 0. The van der Waals surface area contributed by atoms with Crippen LogP contribution in [0.5, 0.6) is 0 Å². The average molecular weight is 269 g/mol. The lowest BCUT2D eigenvalue weighted by Gasteiger charge is -2.31. The van der Waals surface area contributed by atoms with E-state index in [1.54, 1.807) is 6.20 Å². The molecule has 104 valence electrons. The summed E-state index contributed by atoms with van der Waals surface area (Å²) in [5, 5.41) is 20.4. The van der Waals surface area contributed by atoms with Gasteiger partial charge in [-0.25, -0.2) is 4.98 Å². The zero-order chi connectivity index (χ0) is 14.5. The Morgan fingerprint density at radius 3 is 2.75 bits per heavy atom. The predicted molar refractivity (Wildman–Crippen MR) is 80.6 cm³/mol. The molecular formula is C16H19N3O. The molecule has 0 aliphatic rings. The number of rotatable bonds is 5. The van der Waals surface area contributed by atoms with Gasteiger partial charge in [0.1, 0.15) is 11.8 Å². The maximum Gasteiger partial charge on any atom is 0.148 e. The number of pyridine rings is 1. The predicted octanol–water partition coefficient (Wildman–Crippen LogP) is 2.70. The summed E-state index contributed by atoms with van der Waals surface area (Å²) >= 11 is 0. The first-order valence-electron chi connectivity index (χ1n) is 6.91. The lowest BCUT2D eigenvalue weighted by molar-refractivity contribution is 0.256. The van der Waals surface area contributed by atoms with Crippen LogP contribution >= 0.6 is 0 Å². The molecule has 1 N–H and O–H groups in total. The monoisotopic (exact) mass is 269 g/mol. The molecule has 4 heteroatoms. The molecule has 0 fully saturated rings. The summed E-state index contributed by atoms with van der Waals surface area (Å²) in [4.78, 5) is 6.26. The first-order valence-corrected chi connectivity index (χ1v) is 6.91. The fourth-order valence-electron chi connectivity index (χ4n) is 2.53. The zero-order valence-corrected chi connectivity index (χ0v) is 11.9. The normalized spacial score (nSPS) is 12.1. The molecule has 2 rings (SSSR count). The fraction of sp³-hybridized carbons (Fsp3) is 0.375. The highest BCUT2D eigenvalue weighted by Crippen LogP contribution is 2.25. The van der Waals surface area contributed by atoms with Crippen molar-refractivity contribution in [2.75, 3.05) is 18.1 Å². The zero-order valence-electron chi connectivity index (χ0n) is 11.9. The summed E-state index contributed by atoms with van der Waals surface area (Å²) in [7, 11) is 0. The quantitative estimate of drug-likeness (QED) is 0.906. The third kappa shape index (κ3) is 2.59. The molecule has 0 bridgehead atoms. The van der Waals surface area contributed by atoms with E-state index in [1.807, 2.05) is 18.2 Å². The van der Waals surface area contributed by atoms with Crippen molar-refractivity contribution in [3.63, 3.8) is 0 Å². The Labute approximate surface area is 119 Å². The Balaban J connectivity index is 2.48. The first-order chi connectivity index (χ1) is 9.74. The van der Waals surface area contributed by atoms with Gasteiger partial charge in [0.05, 0.1) is 12.6 Å². The van der Waals surface area contributed by atoms with Crippen molar-refractivity contribution in [1.29, 1.82) is 5.26 Å². The summed E-state index contributed by atoms with van der Waals surface area (Å²) in [6, 6.07) is 10.1. The number of hydrogen-bond donors (Lipinski definition) is 1. The largest absolute Gasteiger partial charge is 0.394 e. The van der Waals surface area contributed by atoms with Gasteiger partial charge in [0.2, 0.25) is 0 Å². The molecule has 0 aliphatic heterocycles. The minimum absolute atomic E-state index is 0.120. The van der Waals surface area contributed by atoms with Crippen LogP contribution in [0.3, 0.4) is 0 Å². The van der Waals surface area contributed by atoms with Crippen molar-refractivity contribution in [3.8, 4) is 6.07 Å². The van der Waals surface area contributed by atoms with E-state index in [9.17, 15) is 5.11 Å². The SMILES string of the molecule is CCC(CO)N(CC)c1ccc2c(C#N)nccc2c1. The van der Waals surface area contributed by atoms with Crippen LogP contribution < -0.4 is 4.90 Å². The highest BCUT2D eigenvalue weighted by Gasteiger charge is 2.15. The van der Waals surface area contributed by atoms with E-state index in [2.05, 4.69) is 35.9 Å². The van der Waals surface area contributed by atoms with Crippen molar-refractivity contribution in [2.24, 2.45) is 0 Å². The van der Waals surface area contributed by atoms with Crippen LogP contribution in [0.15, 0.2) is 30.5 Å². The maximum atomic E-state index is 9.49. The minimum Gasteiger partial charge on any atom is -0.394 e. The average Bonchev–Trinajstić information content (AvgIpc) is 2.51. The third-order valence-electron chi connectivity index (χ3n) is 3.65. The molecule has 1 aromatic carbocycles. The van der Waals surface area contributed by atoms with Crippen molar-refractivity contribution in [1.82, 2.24) is 4.98 Å². The first kappa shape index (κ1) is 14.3. The number of hydrogen-bond acceptors (Lipinski definition) is 4.